The number of rotatable bonds is 6. The summed E-state index contributed by atoms with van der Waals surface area (Å²) in [5.74, 6) is 0. The maximum absolute atomic E-state index is 13.3. The van der Waals surface area contributed by atoms with Crippen molar-refractivity contribution in [2.75, 3.05) is 13.1 Å². The van der Waals surface area contributed by atoms with Crippen molar-refractivity contribution >= 4 is 16.6 Å². The van der Waals surface area contributed by atoms with Crippen LogP contribution in [0.2, 0.25) is 0 Å². The van der Waals surface area contributed by atoms with Crippen LogP contribution in [0.25, 0.3) is 16.6 Å². The van der Waals surface area contributed by atoms with Gasteiger partial charge in [-0.15, -0.1) is 0 Å². The first-order valence-electron chi connectivity index (χ1n) is 13.3. The Morgan fingerprint density at radius 2 is 1.76 bits per heavy atom. The van der Waals surface area contributed by atoms with E-state index >= 15 is 0 Å². The summed E-state index contributed by atoms with van der Waals surface area (Å²) in [7, 11) is 0. The third-order valence-electron chi connectivity index (χ3n) is 7.98. The molecule has 0 fully saturated rings. The Labute approximate surface area is 218 Å². The van der Waals surface area contributed by atoms with Crippen molar-refractivity contribution in [3.63, 3.8) is 0 Å². The van der Waals surface area contributed by atoms with Gasteiger partial charge in [-0.1, -0.05) is 48.0 Å². The number of benzene rings is 2. The lowest BCUT2D eigenvalue weighted by Gasteiger charge is -2.28. The zero-order valence-corrected chi connectivity index (χ0v) is 22.0. The maximum atomic E-state index is 13.3. The smallest absolute Gasteiger partial charge is 0.261 e. The molecule has 2 aromatic carbocycles. The predicted octanol–water partition coefficient (Wildman–Crippen LogP) is 5.42. The molecule has 0 spiro atoms. The normalized spacial score (nSPS) is 13.9. The summed E-state index contributed by atoms with van der Waals surface area (Å²) >= 11 is 0. The summed E-state index contributed by atoms with van der Waals surface area (Å²) in [6.07, 6.45) is 4.62. The average Bonchev–Trinajstić information content (AvgIpc) is 3.20. The number of hydrogen-bond acceptors (Lipinski definition) is 3. The summed E-state index contributed by atoms with van der Waals surface area (Å²) in [6.45, 7) is 9.94. The monoisotopic (exact) mass is 490 g/mol. The van der Waals surface area contributed by atoms with Gasteiger partial charge in [-0.2, -0.15) is 0 Å². The highest BCUT2D eigenvalue weighted by molar-refractivity contribution is 5.86. The van der Waals surface area contributed by atoms with Gasteiger partial charge in [0.15, 0.2) is 0 Å². The van der Waals surface area contributed by atoms with E-state index in [1.54, 1.807) is 4.40 Å². The van der Waals surface area contributed by atoms with Gasteiger partial charge in [0.05, 0.1) is 0 Å². The van der Waals surface area contributed by atoms with Crippen molar-refractivity contribution < 1.29 is 0 Å². The molecule has 0 bridgehead atoms. The molecule has 0 aliphatic carbocycles. The van der Waals surface area contributed by atoms with Crippen LogP contribution < -0.4 is 5.56 Å². The van der Waals surface area contributed by atoms with Gasteiger partial charge >= 0.3 is 0 Å². The third kappa shape index (κ3) is 4.38. The minimum Gasteiger partial charge on any atom is -0.344 e. The van der Waals surface area contributed by atoms with E-state index in [0.717, 1.165) is 67.9 Å². The summed E-state index contributed by atoms with van der Waals surface area (Å²) in [4.78, 5) is 20.6. The quantitative estimate of drug-likeness (QED) is 0.319. The van der Waals surface area contributed by atoms with E-state index < -0.39 is 0 Å². The van der Waals surface area contributed by atoms with Crippen LogP contribution >= 0.6 is 0 Å². The summed E-state index contributed by atoms with van der Waals surface area (Å²) < 4.78 is 4.26. The molecule has 3 aromatic heterocycles. The molecule has 188 valence electrons. The van der Waals surface area contributed by atoms with Crippen LogP contribution in [0.5, 0.6) is 0 Å². The fourth-order valence-corrected chi connectivity index (χ4v) is 5.95. The van der Waals surface area contributed by atoms with Crippen LogP contribution in [-0.4, -0.2) is 31.9 Å². The minimum atomic E-state index is 0.0667. The Morgan fingerprint density at radius 3 is 2.59 bits per heavy atom. The van der Waals surface area contributed by atoms with Gasteiger partial charge in [0.1, 0.15) is 5.65 Å². The molecule has 0 N–H and O–H groups in total. The topological polar surface area (TPSA) is 42.5 Å². The number of aromatic nitrogens is 3. The average molecular weight is 491 g/mol. The van der Waals surface area contributed by atoms with E-state index in [4.69, 9.17) is 4.98 Å². The van der Waals surface area contributed by atoms with Crippen LogP contribution in [0.3, 0.4) is 0 Å². The summed E-state index contributed by atoms with van der Waals surface area (Å²) in [5.41, 5.74) is 10.5. The molecule has 0 saturated carbocycles. The summed E-state index contributed by atoms with van der Waals surface area (Å²) in [6, 6.07) is 21.6. The molecule has 5 heteroatoms. The number of pyridine rings is 1. The molecular weight excluding hydrogens is 456 g/mol. The highest BCUT2D eigenvalue weighted by Gasteiger charge is 2.24. The van der Waals surface area contributed by atoms with Crippen molar-refractivity contribution in [1.29, 1.82) is 0 Å². The Balaban J connectivity index is 1.26. The Hall–Kier alpha value is -3.70. The van der Waals surface area contributed by atoms with Crippen LogP contribution in [0.1, 0.15) is 39.2 Å². The highest BCUT2D eigenvalue weighted by Crippen LogP contribution is 2.32. The summed E-state index contributed by atoms with van der Waals surface area (Å²) in [5, 5.41) is 1.38. The van der Waals surface area contributed by atoms with Gasteiger partial charge in [-0.3, -0.25) is 14.1 Å². The molecule has 0 atom stereocenters. The molecule has 5 aromatic rings. The zero-order chi connectivity index (χ0) is 25.5. The number of aryl methyl sites for hydroxylation is 5. The molecule has 0 saturated heterocycles. The Kier molecular flexibility index (Phi) is 6.17. The molecule has 1 aliphatic rings. The van der Waals surface area contributed by atoms with E-state index in [1.165, 1.54) is 33.3 Å². The molecule has 0 radical (unpaired) electrons. The lowest BCUT2D eigenvalue weighted by atomic mass is 10.0. The molecule has 0 amide bonds. The van der Waals surface area contributed by atoms with Gasteiger partial charge in [0.2, 0.25) is 0 Å². The van der Waals surface area contributed by atoms with Crippen molar-refractivity contribution in [3.05, 3.63) is 116 Å². The van der Waals surface area contributed by atoms with E-state index in [2.05, 4.69) is 64.9 Å². The first-order valence-corrected chi connectivity index (χ1v) is 13.3. The predicted molar refractivity (Wildman–Crippen MR) is 150 cm³/mol. The van der Waals surface area contributed by atoms with Gasteiger partial charge in [0, 0.05) is 66.7 Å². The molecule has 37 heavy (non-hydrogen) atoms. The fraction of sp³-hybridized carbons (Fsp3) is 0.312. The van der Waals surface area contributed by atoms with E-state index in [9.17, 15) is 4.79 Å². The van der Waals surface area contributed by atoms with Gasteiger partial charge in [-0.05, 0) is 68.5 Å². The van der Waals surface area contributed by atoms with Crippen LogP contribution in [-0.2, 0) is 32.4 Å². The first kappa shape index (κ1) is 23.7. The Bertz CT molecular complexity index is 1660. The minimum absolute atomic E-state index is 0.0667. The number of hydrogen-bond donors (Lipinski definition) is 0. The largest absolute Gasteiger partial charge is 0.344 e. The van der Waals surface area contributed by atoms with Crippen LogP contribution in [0.4, 0.5) is 0 Å². The number of nitrogens with zero attached hydrogens (tertiary/aromatic N) is 4. The van der Waals surface area contributed by atoms with Crippen LogP contribution in [0.15, 0.2) is 71.7 Å². The van der Waals surface area contributed by atoms with E-state index in [-0.39, 0.29) is 5.56 Å². The lowest BCUT2D eigenvalue weighted by molar-refractivity contribution is 0.254. The van der Waals surface area contributed by atoms with Gasteiger partial charge in [0.25, 0.3) is 5.56 Å². The van der Waals surface area contributed by atoms with E-state index in [0.29, 0.717) is 0 Å². The Morgan fingerprint density at radius 1 is 0.919 bits per heavy atom. The van der Waals surface area contributed by atoms with Crippen molar-refractivity contribution in [3.8, 4) is 0 Å². The van der Waals surface area contributed by atoms with Crippen LogP contribution in [0, 0.1) is 20.8 Å². The fourth-order valence-electron chi connectivity index (χ4n) is 5.95. The number of fused-ring (bicyclic) bond motifs is 4. The second-order valence-corrected chi connectivity index (χ2v) is 10.5. The first-order chi connectivity index (χ1) is 18.0. The van der Waals surface area contributed by atoms with Crippen molar-refractivity contribution in [2.45, 2.75) is 53.1 Å². The highest BCUT2D eigenvalue weighted by atomic mass is 16.1. The third-order valence-corrected chi connectivity index (χ3v) is 7.98. The second-order valence-electron chi connectivity index (χ2n) is 10.5. The molecule has 6 rings (SSSR count). The van der Waals surface area contributed by atoms with Crippen molar-refractivity contribution in [2.24, 2.45) is 0 Å². The SMILES string of the molecule is Cc1ccc2c(c1)c1c(n2CCc2ccccc2)CCN(CCc2c(C)nc3c(C)cccn3c2=O)C1. The zero-order valence-electron chi connectivity index (χ0n) is 22.0. The van der Waals surface area contributed by atoms with Gasteiger partial charge < -0.3 is 4.57 Å². The molecule has 1 aliphatic heterocycles. The molecule has 0 unspecified atom stereocenters. The van der Waals surface area contributed by atoms with Crippen molar-refractivity contribution in [1.82, 2.24) is 18.9 Å². The maximum Gasteiger partial charge on any atom is 0.261 e. The van der Waals surface area contributed by atoms with Gasteiger partial charge in [-0.25, -0.2) is 4.98 Å². The van der Waals surface area contributed by atoms with E-state index in [1.807, 2.05) is 32.2 Å². The second kappa shape index (κ2) is 9.64. The molecular formula is C32H34N4O. The molecule has 5 nitrogen and oxygen atoms in total. The standard InChI is InChI=1S/C32H34N4O/c1-22-11-12-29-27(20-22)28-21-34(18-15-30(28)35(29)19-13-25-9-5-4-6-10-25)17-14-26-24(3)33-31-23(2)8-7-16-36(31)32(26)37/h4-12,16,20H,13-15,17-19,21H2,1-3H3. The molecule has 4 heterocycles. The lowest BCUT2D eigenvalue weighted by Crippen LogP contribution is -2.34.